The average Bonchev–Trinajstić information content (AvgIpc) is 2.80. The molecule has 0 radical (unpaired) electrons. The summed E-state index contributed by atoms with van der Waals surface area (Å²) in [5.41, 5.74) is 0.924. The van der Waals surface area contributed by atoms with Crippen molar-refractivity contribution in [3.05, 3.63) is 29.8 Å². The van der Waals surface area contributed by atoms with E-state index in [1.807, 2.05) is 25.1 Å². The van der Waals surface area contributed by atoms with Gasteiger partial charge in [-0.25, -0.2) is 9.78 Å². The first-order valence-corrected chi connectivity index (χ1v) is 3.29. The highest BCUT2D eigenvalue weighted by Gasteiger charge is 1.95. The Morgan fingerprint density at radius 1 is 1.27 bits per heavy atom. The maximum atomic E-state index is 8.92. The molecule has 0 saturated carbocycles. The van der Waals surface area contributed by atoms with E-state index in [9.17, 15) is 0 Å². The number of aryl methyl sites for hydroxylation is 1. The number of phenols is 1. The predicted octanol–water partition coefficient (Wildman–Crippen LogP) is 1.61. The van der Waals surface area contributed by atoms with Crippen LogP contribution in [-0.2, 0) is 9.78 Å². The third kappa shape index (κ3) is 3.60. The van der Waals surface area contributed by atoms with E-state index in [0.717, 1.165) is 5.56 Å². The lowest BCUT2D eigenvalue weighted by molar-refractivity contribution is 0.0850. The van der Waals surface area contributed by atoms with Crippen molar-refractivity contribution in [3.63, 3.8) is 0 Å². The van der Waals surface area contributed by atoms with Gasteiger partial charge in [0.15, 0.2) is 0 Å². The van der Waals surface area contributed by atoms with Crippen molar-refractivity contribution in [2.75, 3.05) is 6.79 Å². The summed E-state index contributed by atoms with van der Waals surface area (Å²) in [7, 11) is 0. The molecule has 1 saturated heterocycles. The average molecular weight is 154 g/mol. The largest absolute Gasteiger partial charge is 0.508 e. The molecule has 0 amide bonds. The van der Waals surface area contributed by atoms with Gasteiger partial charge in [-0.2, -0.15) is 0 Å². The Morgan fingerprint density at radius 3 is 2.09 bits per heavy atom. The third-order valence-corrected chi connectivity index (χ3v) is 1.23. The molecule has 1 aliphatic heterocycles. The van der Waals surface area contributed by atoms with Gasteiger partial charge in [0.2, 0.25) is 6.79 Å². The van der Waals surface area contributed by atoms with E-state index in [2.05, 4.69) is 9.78 Å². The van der Waals surface area contributed by atoms with Gasteiger partial charge in [-0.05, 0) is 18.6 Å². The van der Waals surface area contributed by atoms with Crippen molar-refractivity contribution in [2.45, 2.75) is 6.92 Å². The summed E-state index contributed by atoms with van der Waals surface area (Å²) < 4.78 is 0. The van der Waals surface area contributed by atoms with Gasteiger partial charge in [0.1, 0.15) is 5.75 Å². The van der Waals surface area contributed by atoms with Crippen molar-refractivity contribution in [3.8, 4) is 5.75 Å². The number of hydrogen-bond donors (Lipinski definition) is 1. The van der Waals surface area contributed by atoms with E-state index in [4.69, 9.17) is 5.11 Å². The Hall–Kier alpha value is -1.06. The Balaban J connectivity index is 0.000000167. The Bertz CT molecular complexity index is 197. The Kier molecular flexibility index (Phi) is 2.89. The number of hydrogen-bond acceptors (Lipinski definition) is 3. The molecule has 1 heterocycles. The van der Waals surface area contributed by atoms with Gasteiger partial charge in [0.05, 0.1) is 0 Å². The molecule has 1 fully saturated rings. The van der Waals surface area contributed by atoms with Gasteiger partial charge < -0.3 is 5.11 Å². The second-order valence-corrected chi connectivity index (χ2v) is 2.14. The van der Waals surface area contributed by atoms with Gasteiger partial charge >= 0.3 is 0 Å². The fraction of sp³-hybridized carbons (Fsp3) is 0.250. The third-order valence-electron chi connectivity index (χ3n) is 1.23. The number of phenolic OH excluding ortho intramolecular Hbond substituents is 1. The molecule has 3 heteroatoms. The second-order valence-electron chi connectivity index (χ2n) is 2.14. The van der Waals surface area contributed by atoms with E-state index in [0.29, 0.717) is 12.5 Å². The van der Waals surface area contributed by atoms with Crippen LogP contribution in [0.2, 0.25) is 0 Å². The second kappa shape index (κ2) is 3.95. The minimum Gasteiger partial charge on any atom is -0.508 e. The standard InChI is InChI=1S/C7H8O.CH2O2/c1-6-4-2-3-5-7(6)8;1-2-3-1/h2-5,8H,1H3;1H2. The minimum atomic E-state index is 0.368. The molecule has 0 aromatic heterocycles. The highest BCUT2D eigenvalue weighted by Crippen LogP contribution is 2.12. The van der Waals surface area contributed by atoms with Crippen LogP contribution in [0.25, 0.3) is 0 Å². The van der Waals surface area contributed by atoms with Crippen molar-refractivity contribution in [1.29, 1.82) is 0 Å². The first-order chi connectivity index (χ1) is 5.30. The maximum absolute atomic E-state index is 8.92. The van der Waals surface area contributed by atoms with Crippen LogP contribution in [0, 0.1) is 6.92 Å². The zero-order valence-corrected chi connectivity index (χ0v) is 6.28. The van der Waals surface area contributed by atoms with Crippen LogP contribution in [0.4, 0.5) is 0 Å². The van der Waals surface area contributed by atoms with E-state index in [1.54, 1.807) is 6.07 Å². The summed E-state index contributed by atoms with van der Waals surface area (Å²) in [5, 5.41) is 8.92. The Morgan fingerprint density at radius 2 is 1.82 bits per heavy atom. The first kappa shape index (κ1) is 8.04. The normalized spacial score (nSPS) is 13.2. The monoisotopic (exact) mass is 154 g/mol. The van der Waals surface area contributed by atoms with E-state index < -0.39 is 0 Å². The topological polar surface area (TPSA) is 45.3 Å². The van der Waals surface area contributed by atoms with Crippen LogP contribution < -0.4 is 0 Å². The molecule has 2 rings (SSSR count). The minimum absolute atomic E-state index is 0.368. The van der Waals surface area contributed by atoms with Gasteiger partial charge in [-0.3, -0.25) is 0 Å². The lowest BCUT2D eigenvalue weighted by Gasteiger charge is -1.92. The molecule has 0 spiro atoms. The van der Waals surface area contributed by atoms with Crippen LogP contribution in [-0.4, -0.2) is 11.9 Å². The molecular weight excluding hydrogens is 144 g/mol. The maximum Gasteiger partial charge on any atom is 0.214 e. The Labute approximate surface area is 65.1 Å². The van der Waals surface area contributed by atoms with E-state index in [-0.39, 0.29) is 0 Å². The summed E-state index contributed by atoms with van der Waals surface area (Å²) in [5.74, 6) is 0.368. The van der Waals surface area contributed by atoms with Gasteiger partial charge in [0.25, 0.3) is 0 Å². The fourth-order valence-corrected chi connectivity index (χ4v) is 0.563. The van der Waals surface area contributed by atoms with Crippen molar-refractivity contribution in [1.82, 2.24) is 0 Å². The summed E-state index contributed by atoms with van der Waals surface area (Å²) in [6.45, 7) is 2.37. The van der Waals surface area contributed by atoms with Crippen LogP contribution in [0.1, 0.15) is 5.56 Å². The van der Waals surface area contributed by atoms with Gasteiger partial charge in [-0.1, -0.05) is 18.2 Å². The zero-order chi connectivity index (χ0) is 8.10. The molecule has 1 aliphatic rings. The van der Waals surface area contributed by atoms with Crippen LogP contribution >= 0.6 is 0 Å². The molecule has 1 N–H and O–H groups in total. The summed E-state index contributed by atoms with van der Waals surface area (Å²) >= 11 is 0. The molecule has 3 nitrogen and oxygen atoms in total. The van der Waals surface area contributed by atoms with Crippen LogP contribution in [0.3, 0.4) is 0 Å². The van der Waals surface area contributed by atoms with Gasteiger partial charge in [-0.15, -0.1) is 0 Å². The fourth-order valence-electron chi connectivity index (χ4n) is 0.563. The van der Waals surface area contributed by atoms with E-state index in [1.165, 1.54) is 0 Å². The number of aromatic hydroxyl groups is 1. The molecule has 1 aromatic rings. The smallest absolute Gasteiger partial charge is 0.214 e. The molecule has 0 bridgehead atoms. The molecular formula is C8H10O3. The summed E-state index contributed by atoms with van der Waals surface area (Å²) in [6.07, 6.45) is 0. The SMILES string of the molecule is C1OO1.Cc1ccccc1O. The number of para-hydroxylation sites is 1. The molecule has 0 atom stereocenters. The highest BCUT2D eigenvalue weighted by atomic mass is 17.4. The zero-order valence-electron chi connectivity index (χ0n) is 6.28. The van der Waals surface area contributed by atoms with Crippen LogP contribution in [0.15, 0.2) is 24.3 Å². The highest BCUT2D eigenvalue weighted by molar-refractivity contribution is 5.29. The van der Waals surface area contributed by atoms with Crippen LogP contribution in [0.5, 0.6) is 5.75 Å². The van der Waals surface area contributed by atoms with Gasteiger partial charge in [0, 0.05) is 0 Å². The summed E-state index contributed by atoms with van der Waals surface area (Å²) in [6, 6.07) is 7.25. The lowest BCUT2D eigenvalue weighted by Crippen LogP contribution is -1.68. The lowest BCUT2D eigenvalue weighted by atomic mass is 10.2. The molecule has 11 heavy (non-hydrogen) atoms. The predicted molar refractivity (Wildman–Crippen MR) is 39.9 cm³/mol. The number of rotatable bonds is 0. The first-order valence-electron chi connectivity index (χ1n) is 3.29. The van der Waals surface area contributed by atoms with Crippen molar-refractivity contribution in [2.24, 2.45) is 0 Å². The van der Waals surface area contributed by atoms with E-state index >= 15 is 0 Å². The molecule has 0 aliphatic carbocycles. The molecule has 0 unspecified atom stereocenters. The number of benzene rings is 1. The summed E-state index contributed by atoms with van der Waals surface area (Å²) in [4.78, 5) is 8.00. The van der Waals surface area contributed by atoms with Crippen molar-refractivity contribution >= 4 is 0 Å². The molecule has 60 valence electrons. The quantitative estimate of drug-likeness (QED) is 0.456. The molecule has 1 aromatic carbocycles. The van der Waals surface area contributed by atoms with Crippen molar-refractivity contribution < 1.29 is 14.9 Å².